The molecule has 26 heavy (non-hydrogen) atoms. The first-order chi connectivity index (χ1) is 11.8. The normalized spacial score (nSPS) is 12.7. The van der Waals surface area contributed by atoms with Gasteiger partial charge in [-0.05, 0) is 44.5 Å². The van der Waals surface area contributed by atoms with Crippen molar-refractivity contribution in [3.8, 4) is 5.75 Å². The molecule has 1 atom stereocenters. The number of nitrogens with one attached hydrogen (secondary N) is 1. The van der Waals surface area contributed by atoms with Crippen LogP contribution in [0.4, 0.5) is 0 Å². The van der Waals surface area contributed by atoms with Gasteiger partial charge in [-0.1, -0.05) is 46.5 Å². The maximum Gasteiger partial charge on any atom is 0.119 e. The van der Waals surface area contributed by atoms with Crippen molar-refractivity contribution in [2.45, 2.75) is 88.5 Å². The first-order valence-electron chi connectivity index (χ1n) is 9.65. The summed E-state index contributed by atoms with van der Waals surface area (Å²) in [6, 6.07) is 8.10. The highest BCUT2D eigenvalue weighted by atomic mass is 35.5. The topological polar surface area (TPSA) is 41.5 Å². The van der Waals surface area contributed by atoms with Crippen LogP contribution < -0.4 is 10.1 Å². The molecule has 0 fully saturated rings. The van der Waals surface area contributed by atoms with E-state index in [1.165, 1.54) is 30.6 Å². The number of hydrogen-bond donors (Lipinski definition) is 2. The van der Waals surface area contributed by atoms with Crippen molar-refractivity contribution in [1.29, 1.82) is 0 Å². The van der Waals surface area contributed by atoms with Gasteiger partial charge >= 0.3 is 0 Å². The second-order valence-corrected chi connectivity index (χ2v) is 9.33. The number of β-amino-alcohol motifs (C(OH)–C–C–N with tert-alkyl or cyclic N) is 1. The molecule has 0 spiro atoms. The van der Waals surface area contributed by atoms with Crippen LogP contribution in [0.2, 0.25) is 0 Å². The summed E-state index contributed by atoms with van der Waals surface area (Å²) in [7, 11) is 0. The van der Waals surface area contributed by atoms with Crippen LogP contribution in [0, 0.1) is 0 Å². The highest BCUT2D eigenvalue weighted by Gasteiger charge is 2.18. The fraction of sp³-hybridized carbons (Fsp3) is 0.714. The van der Waals surface area contributed by atoms with Gasteiger partial charge in [0.15, 0.2) is 0 Å². The highest BCUT2D eigenvalue weighted by Crippen LogP contribution is 2.25. The third-order valence-corrected chi connectivity index (χ3v) is 5.13. The Morgan fingerprint density at radius 1 is 1.12 bits per heavy atom. The van der Waals surface area contributed by atoms with Gasteiger partial charge in [0.05, 0.1) is 0 Å². The van der Waals surface area contributed by atoms with E-state index in [1.54, 1.807) is 0 Å². The quantitative estimate of drug-likeness (QED) is 0.328. The Hall–Kier alpha value is -0.420. The number of aliphatic hydroxyl groups is 1. The van der Waals surface area contributed by atoms with Crippen LogP contribution in [-0.4, -0.2) is 35.2 Å². The standard InChI is InChI=1S/C21H37NO2S.ClH/c1-6-7-8-9-14-21(4,5)22-15-18(23)16-24-19-10-12-20(13-11-19)25-17(2)3;/h10-13,17-18,22-23H,6-9,14-16H2,1-5H3;1H. The first kappa shape index (κ1) is 25.6. The Bertz CT molecular complexity index is 466. The van der Waals surface area contributed by atoms with Crippen molar-refractivity contribution in [2.75, 3.05) is 13.2 Å². The molecule has 0 aliphatic rings. The molecule has 1 unspecified atom stereocenters. The van der Waals surface area contributed by atoms with Gasteiger partial charge in [-0.25, -0.2) is 0 Å². The smallest absolute Gasteiger partial charge is 0.119 e. The Kier molecular flexibility index (Phi) is 13.5. The lowest BCUT2D eigenvalue weighted by molar-refractivity contribution is 0.0979. The summed E-state index contributed by atoms with van der Waals surface area (Å²) in [6.07, 6.45) is 5.73. The van der Waals surface area contributed by atoms with Crippen LogP contribution in [0.5, 0.6) is 5.75 Å². The van der Waals surface area contributed by atoms with Crippen molar-refractivity contribution in [1.82, 2.24) is 5.32 Å². The summed E-state index contributed by atoms with van der Waals surface area (Å²) < 4.78 is 5.71. The maximum absolute atomic E-state index is 10.2. The van der Waals surface area contributed by atoms with E-state index in [1.807, 2.05) is 23.9 Å². The SMILES string of the molecule is CCCCCCC(C)(C)NCC(O)COc1ccc(SC(C)C)cc1.Cl. The fourth-order valence-electron chi connectivity index (χ4n) is 2.61. The number of unbranched alkanes of at least 4 members (excludes halogenated alkanes) is 3. The number of aliphatic hydroxyl groups excluding tert-OH is 1. The van der Waals surface area contributed by atoms with Gasteiger partial charge < -0.3 is 15.2 Å². The van der Waals surface area contributed by atoms with Crippen molar-refractivity contribution >= 4 is 24.2 Å². The first-order valence-corrected chi connectivity index (χ1v) is 10.5. The Morgan fingerprint density at radius 2 is 1.77 bits per heavy atom. The molecule has 0 aliphatic carbocycles. The van der Waals surface area contributed by atoms with Crippen molar-refractivity contribution < 1.29 is 9.84 Å². The molecule has 0 heterocycles. The average molecular weight is 404 g/mol. The van der Waals surface area contributed by atoms with Crippen LogP contribution in [0.25, 0.3) is 0 Å². The lowest BCUT2D eigenvalue weighted by Crippen LogP contribution is -2.44. The van der Waals surface area contributed by atoms with Gasteiger partial charge in [-0.15, -0.1) is 24.2 Å². The summed E-state index contributed by atoms with van der Waals surface area (Å²) in [5, 5.41) is 14.2. The third kappa shape index (κ3) is 12.1. The zero-order valence-electron chi connectivity index (χ0n) is 17.1. The molecule has 3 nitrogen and oxygen atoms in total. The monoisotopic (exact) mass is 403 g/mol. The molecule has 1 rings (SSSR count). The van der Waals surface area contributed by atoms with Gasteiger partial charge in [0, 0.05) is 22.2 Å². The highest BCUT2D eigenvalue weighted by molar-refractivity contribution is 7.99. The lowest BCUT2D eigenvalue weighted by atomic mass is 9.96. The minimum absolute atomic E-state index is 0. The molecule has 0 radical (unpaired) electrons. The lowest BCUT2D eigenvalue weighted by Gasteiger charge is -2.28. The molecule has 0 aromatic heterocycles. The van der Waals surface area contributed by atoms with E-state index in [2.05, 4.69) is 52.1 Å². The molecule has 152 valence electrons. The van der Waals surface area contributed by atoms with Gasteiger partial charge in [0.2, 0.25) is 0 Å². The Balaban J connectivity index is 0.00000625. The molecule has 0 saturated carbocycles. The number of benzene rings is 1. The van der Waals surface area contributed by atoms with Gasteiger partial charge in [0.1, 0.15) is 18.5 Å². The van der Waals surface area contributed by atoms with Crippen LogP contribution in [-0.2, 0) is 0 Å². The van der Waals surface area contributed by atoms with Crippen LogP contribution in [0.3, 0.4) is 0 Å². The van der Waals surface area contributed by atoms with Crippen molar-refractivity contribution in [3.05, 3.63) is 24.3 Å². The summed E-state index contributed by atoms with van der Waals surface area (Å²) >= 11 is 1.84. The summed E-state index contributed by atoms with van der Waals surface area (Å²) in [4.78, 5) is 1.24. The molecule has 1 aromatic rings. The predicted octanol–water partition coefficient (Wildman–Crippen LogP) is 5.69. The average Bonchev–Trinajstić information content (AvgIpc) is 2.56. The molecule has 5 heteroatoms. The van der Waals surface area contributed by atoms with Gasteiger partial charge in [0.25, 0.3) is 0 Å². The number of thioether (sulfide) groups is 1. The van der Waals surface area contributed by atoms with E-state index >= 15 is 0 Å². The molecular formula is C21H38ClNO2S. The van der Waals surface area contributed by atoms with Crippen molar-refractivity contribution in [2.24, 2.45) is 0 Å². The predicted molar refractivity (Wildman–Crippen MR) is 117 cm³/mol. The third-order valence-electron chi connectivity index (χ3n) is 4.11. The van der Waals surface area contributed by atoms with Crippen LogP contribution in [0.1, 0.15) is 66.7 Å². The van der Waals surface area contributed by atoms with Gasteiger partial charge in [-0.3, -0.25) is 0 Å². The van der Waals surface area contributed by atoms with Crippen LogP contribution >= 0.6 is 24.2 Å². The van der Waals surface area contributed by atoms with Gasteiger partial charge in [-0.2, -0.15) is 0 Å². The second kappa shape index (κ2) is 13.7. The fourth-order valence-corrected chi connectivity index (χ4v) is 3.45. The van der Waals surface area contributed by atoms with E-state index in [4.69, 9.17) is 4.74 Å². The molecule has 1 aromatic carbocycles. The summed E-state index contributed by atoms with van der Waals surface area (Å²) in [5.41, 5.74) is 0.0600. The zero-order chi connectivity index (χ0) is 18.7. The summed E-state index contributed by atoms with van der Waals surface area (Å²) in [5.74, 6) is 0.811. The number of rotatable bonds is 13. The second-order valence-electron chi connectivity index (χ2n) is 7.68. The minimum atomic E-state index is -0.500. The summed E-state index contributed by atoms with van der Waals surface area (Å²) in [6.45, 7) is 11.9. The van der Waals surface area contributed by atoms with Crippen molar-refractivity contribution in [3.63, 3.8) is 0 Å². The van der Waals surface area contributed by atoms with E-state index in [0.29, 0.717) is 18.4 Å². The molecule has 0 saturated heterocycles. The number of hydrogen-bond acceptors (Lipinski definition) is 4. The van der Waals surface area contributed by atoms with Crippen LogP contribution in [0.15, 0.2) is 29.2 Å². The van der Waals surface area contributed by atoms with E-state index in [-0.39, 0.29) is 17.9 Å². The number of halogens is 1. The minimum Gasteiger partial charge on any atom is -0.491 e. The number of ether oxygens (including phenoxy) is 1. The molecule has 0 aliphatic heterocycles. The molecule has 0 amide bonds. The van der Waals surface area contributed by atoms with E-state index < -0.39 is 6.10 Å². The van der Waals surface area contributed by atoms with E-state index in [0.717, 1.165) is 12.2 Å². The molecule has 0 bridgehead atoms. The van der Waals surface area contributed by atoms with E-state index in [9.17, 15) is 5.11 Å². The maximum atomic E-state index is 10.2. The molecular weight excluding hydrogens is 366 g/mol. The Labute approximate surface area is 171 Å². The molecule has 2 N–H and O–H groups in total. The largest absolute Gasteiger partial charge is 0.491 e. The zero-order valence-corrected chi connectivity index (χ0v) is 18.7. The Morgan fingerprint density at radius 3 is 2.35 bits per heavy atom.